The number of nitrogens with one attached hydrogen (secondary N) is 1. The number of nitrogens with zero attached hydrogens (tertiary/aromatic N) is 1. The summed E-state index contributed by atoms with van der Waals surface area (Å²) >= 11 is 3.43. The fraction of sp³-hybridized carbons (Fsp3) is 0.100. The summed E-state index contributed by atoms with van der Waals surface area (Å²) in [5.74, 6) is 1.60. The van der Waals surface area contributed by atoms with Gasteiger partial charge in [-0.05, 0) is 51.0 Å². The molecule has 0 atom stereocenters. The molecule has 1 N–H and O–H groups in total. The van der Waals surface area contributed by atoms with Gasteiger partial charge in [-0.25, -0.2) is 5.43 Å². The molecule has 136 valence electrons. The van der Waals surface area contributed by atoms with Crippen molar-refractivity contribution in [1.82, 2.24) is 5.43 Å². The zero-order valence-corrected chi connectivity index (χ0v) is 15.7. The van der Waals surface area contributed by atoms with Crippen LogP contribution in [0.3, 0.4) is 0 Å². The van der Waals surface area contributed by atoms with E-state index in [1.165, 1.54) is 6.21 Å². The minimum atomic E-state index is -0.351. The second kappa shape index (κ2) is 7.67. The van der Waals surface area contributed by atoms with Crippen LogP contribution in [0.4, 0.5) is 0 Å². The molecule has 1 aliphatic heterocycles. The van der Waals surface area contributed by atoms with Crippen molar-refractivity contribution in [1.29, 1.82) is 0 Å². The Hall–Kier alpha value is -3.06. The highest BCUT2D eigenvalue weighted by Gasteiger charge is 2.15. The lowest BCUT2D eigenvalue weighted by Gasteiger charge is -2.06. The van der Waals surface area contributed by atoms with E-state index < -0.39 is 0 Å². The van der Waals surface area contributed by atoms with Gasteiger partial charge in [0, 0.05) is 10.0 Å². The zero-order valence-electron chi connectivity index (χ0n) is 14.1. The minimum absolute atomic E-state index is 0.127. The fourth-order valence-electron chi connectivity index (χ4n) is 2.64. The fourth-order valence-corrected chi connectivity index (χ4v) is 3.07. The second-order valence-electron chi connectivity index (χ2n) is 5.82. The number of hydrogen-bond donors (Lipinski definition) is 1. The summed E-state index contributed by atoms with van der Waals surface area (Å²) in [4.78, 5) is 11.9. The van der Waals surface area contributed by atoms with Crippen molar-refractivity contribution in [2.24, 2.45) is 5.10 Å². The van der Waals surface area contributed by atoms with Gasteiger partial charge in [0.15, 0.2) is 18.1 Å². The monoisotopic (exact) mass is 426 g/mol. The van der Waals surface area contributed by atoms with Gasteiger partial charge in [0.25, 0.3) is 5.91 Å². The standard InChI is InChI=1S/C20H15BrN2O4/c21-17-9-19-18(26-12-27-19)8-15(17)10-22-23-20(24)11-25-16-6-5-13-3-1-2-4-14(13)7-16/h1-10H,11-12H2,(H,23,24). The molecule has 0 aliphatic carbocycles. The van der Waals surface area contributed by atoms with E-state index in [-0.39, 0.29) is 19.3 Å². The normalized spacial score (nSPS) is 12.5. The molecule has 0 unspecified atom stereocenters. The number of carbonyl (C=O) groups excluding carboxylic acids is 1. The first kappa shape index (κ1) is 17.4. The molecule has 27 heavy (non-hydrogen) atoms. The number of hydrazone groups is 1. The Bertz CT molecular complexity index is 1040. The summed E-state index contributed by atoms with van der Waals surface area (Å²) in [5.41, 5.74) is 3.21. The number of ether oxygens (including phenoxy) is 3. The van der Waals surface area contributed by atoms with Crippen LogP contribution in [-0.2, 0) is 4.79 Å². The SMILES string of the molecule is O=C(COc1ccc2ccccc2c1)NN=Cc1cc2c(cc1Br)OCO2. The second-order valence-corrected chi connectivity index (χ2v) is 6.67. The number of halogens is 1. The third-order valence-electron chi connectivity index (χ3n) is 3.98. The van der Waals surface area contributed by atoms with Gasteiger partial charge in [-0.2, -0.15) is 5.10 Å². The largest absolute Gasteiger partial charge is 0.484 e. The van der Waals surface area contributed by atoms with Crippen LogP contribution in [0, 0.1) is 0 Å². The molecule has 0 bridgehead atoms. The molecule has 4 rings (SSSR count). The first-order chi connectivity index (χ1) is 13.2. The van der Waals surface area contributed by atoms with Crippen LogP contribution in [0.5, 0.6) is 17.2 Å². The van der Waals surface area contributed by atoms with Crippen LogP contribution in [0.1, 0.15) is 5.56 Å². The first-order valence-electron chi connectivity index (χ1n) is 8.22. The van der Waals surface area contributed by atoms with Crippen LogP contribution < -0.4 is 19.6 Å². The molecular weight excluding hydrogens is 412 g/mol. The van der Waals surface area contributed by atoms with Crippen molar-refractivity contribution in [3.8, 4) is 17.2 Å². The molecule has 1 heterocycles. The lowest BCUT2D eigenvalue weighted by Crippen LogP contribution is -2.24. The van der Waals surface area contributed by atoms with Gasteiger partial charge in [0.1, 0.15) is 5.75 Å². The van der Waals surface area contributed by atoms with E-state index in [2.05, 4.69) is 26.5 Å². The third kappa shape index (κ3) is 4.03. The van der Waals surface area contributed by atoms with E-state index >= 15 is 0 Å². The van der Waals surface area contributed by atoms with Crippen LogP contribution in [0.2, 0.25) is 0 Å². The smallest absolute Gasteiger partial charge is 0.277 e. The van der Waals surface area contributed by atoms with Crippen molar-refractivity contribution in [3.63, 3.8) is 0 Å². The van der Waals surface area contributed by atoms with Gasteiger partial charge in [-0.15, -0.1) is 0 Å². The van der Waals surface area contributed by atoms with E-state index in [0.717, 1.165) is 20.8 Å². The Kier molecular flexibility index (Phi) is 4.93. The number of amides is 1. The number of rotatable bonds is 5. The minimum Gasteiger partial charge on any atom is -0.484 e. The summed E-state index contributed by atoms with van der Waals surface area (Å²) in [7, 11) is 0. The Morgan fingerprint density at radius 2 is 1.89 bits per heavy atom. The molecule has 0 saturated heterocycles. The molecule has 0 aromatic heterocycles. The quantitative estimate of drug-likeness (QED) is 0.496. The van der Waals surface area contributed by atoms with E-state index in [9.17, 15) is 4.79 Å². The maximum absolute atomic E-state index is 11.9. The number of benzene rings is 3. The molecule has 3 aromatic carbocycles. The van der Waals surface area contributed by atoms with Gasteiger partial charge >= 0.3 is 0 Å². The van der Waals surface area contributed by atoms with E-state index in [4.69, 9.17) is 14.2 Å². The Morgan fingerprint density at radius 3 is 2.74 bits per heavy atom. The van der Waals surface area contributed by atoms with Crippen molar-refractivity contribution in [3.05, 3.63) is 64.6 Å². The summed E-state index contributed by atoms with van der Waals surface area (Å²) in [6, 6.07) is 17.2. The maximum atomic E-state index is 11.9. The van der Waals surface area contributed by atoms with Gasteiger partial charge in [0.2, 0.25) is 6.79 Å². The first-order valence-corrected chi connectivity index (χ1v) is 9.01. The highest BCUT2D eigenvalue weighted by Crippen LogP contribution is 2.36. The number of fused-ring (bicyclic) bond motifs is 2. The van der Waals surface area contributed by atoms with Crippen LogP contribution in [-0.4, -0.2) is 25.5 Å². The predicted molar refractivity (Wildman–Crippen MR) is 105 cm³/mol. The average Bonchev–Trinajstić information content (AvgIpc) is 3.13. The summed E-state index contributed by atoms with van der Waals surface area (Å²) in [6.45, 7) is 0.0726. The third-order valence-corrected chi connectivity index (χ3v) is 4.66. The predicted octanol–water partition coefficient (Wildman–Crippen LogP) is 3.86. The van der Waals surface area contributed by atoms with Crippen molar-refractivity contribution < 1.29 is 19.0 Å². The Morgan fingerprint density at radius 1 is 1.11 bits per heavy atom. The molecular formula is C20H15BrN2O4. The molecule has 7 heteroatoms. The molecule has 0 saturated carbocycles. The van der Waals surface area contributed by atoms with Crippen molar-refractivity contribution >= 4 is 38.8 Å². The molecule has 0 radical (unpaired) electrons. The average molecular weight is 427 g/mol. The summed E-state index contributed by atoms with van der Waals surface area (Å²) in [6.07, 6.45) is 1.53. The van der Waals surface area contributed by atoms with Crippen molar-refractivity contribution in [2.75, 3.05) is 13.4 Å². The number of carbonyl (C=O) groups is 1. The summed E-state index contributed by atoms with van der Waals surface area (Å²) in [5, 5.41) is 6.13. The topological polar surface area (TPSA) is 69.2 Å². The molecule has 0 spiro atoms. The molecule has 1 amide bonds. The molecule has 3 aromatic rings. The van der Waals surface area contributed by atoms with Crippen LogP contribution in [0.25, 0.3) is 10.8 Å². The van der Waals surface area contributed by atoms with Gasteiger partial charge < -0.3 is 14.2 Å². The Labute approximate surface area is 163 Å². The van der Waals surface area contributed by atoms with E-state index in [1.807, 2.05) is 42.5 Å². The van der Waals surface area contributed by atoms with E-state index in [1.54, 1.807) is 12.1 Å². The van der Waals surface area contributed by atoms with Gasteiger partial charge in [-0.3, -0.25) is 4.79 Å². The van der Waals surface area contributed by atoms with Crippen molar-refractivity contribution in [2.45, 2.75) is 0 Å². The van der Waals surface area contributed by atoms with Gasteiger partial charge in [-0.1, -0.05) is 30.3 Å². The summed E-state index contributed by atoms with van der Waals surface area (Å²) < 4.78 is 16.9. The highest BCUT2D eigenvalue weighted by atomic mass is 79.9. The molecule has 0 fully saturated rings. The molecule has 6 nitrogen and oxygen atoms in total. The Balaban J connectivity index is 1.33. The number of hydrogen-bond acceptors (Lipinski definition) is 5. The molecule has 1 aliphatic rings. The van der Waals surface area contributed by atoms with Gasteiger partial charge in [0.05, 0.1) is 6.21 Å². The van der Waals surface area contributed by atoms with E-state index in [0.29, 0.717) is 17.2 Å². The maximum Gasteiger partial charge on any atom is 0.277 e. The zero-order chi connectivity index (χ0) is 18.6. The van der Waals surface area contributed by atoms with Crippen LogP contribution >= 0.6 is 15.9 Å². The lowest BCUT2D eigenvalue weighted by molar-refractivity contribution is -0.123. The highest BCUT2D eigenvalue weighted by molar-refractivity contribution is 9.10. The lowest BCUT2D eigenvalue weighted by atomic mass is 10.1. The van der Waals surface area contributed by atoms with Crippen LogP contribution in [0.15, 0.2) is 64.2 Å².